The van der Waals surface area contributed by atoms with Crippen molar-refractivity contribution in [3.63, 3.8) is 0 Å². The maximum absolute atomic E-state index is 13.5. The molecule has 5 rings (SSSR count). The lowest BCUT2D eigenvalue weighted by atomic mass is 9.78. The van der Waals surface area contributed by atoms with Crippen LogP contribution in [-0.4, -0.2) is 38.3 Å². The summed E-state index contributed by atoms with van der Waals surface area (Å²) in [5.74, 6) is 0.840. The van der Waals surface area contributed by atoms with Crippen LogP contribution in [0, 0.1) is 5.41 Å². The zero-order valence-corrected chi connectivity index (χ0v) is 17.3. The molecular weight excluding hydrogens is 380 g/mol. The molecule has 30 heavy (non-hydrogen) atoms. The van der Waals surface area contributed by atoms with Crippen LogP contribution in [0.15, 0.2) is 35.5 Å². The van der Waals surface area contributed by atoms with Gasteiger partial charge in [-0.15, -0.1) is 0 Å². The van der Waals surface area contributed by atoms with E-state index in [-0.39, 0.29) is 22.5 Å². The first-order valence-corrected chi connectivity index (χ1v) is 10.3. The van der Waals surface area contributed by atoms with E-state index in [1.165, 1.54) is 6.42 Å². The van der Waals surface area contributed by atoms with Gasteiger partial charge in [0.15, 0.2) is 0 Å². The van der Waals surface area contributed by atoms with Gasteiger partial charge in [0.25, 0.3) is 5.56 Å². The molecule has 0 atom stereocenters. The number of nitrogen functional groups attached to an aromatic ring is 1. The lowest BCUT2D eigenvalue weighted by molar-refractivity contribution is -0.110. The Morgan fingerprint density at radius 3 is 2.57 bits per heavy atom. The summed E-state index contributed by atoms with van der Waals surface area (Å²) < 4.78 is 7.15. The molecule has 3 aromatic rings. The molecule has 8 heteroatoms. The average Bonchev–Trinajstić information content (AvgIpc) is 2.68. The lowest BCUT2D eigenvalue weighted by Gasteiger charge is -2.40. The lowest BCUT2D eigenvalue weighted by Crippen LogP contribution is -2.45. The Morgan fingerprint density at radius 1 is 1.23 bits per heavy atom. The summed E-state index contributed by atoms with van der Waals surface area (Å²) in [6.45, 7) is 6.30. The first-order valence-electron chi connectivity index (χ1n) is 10.3. The molecule has 1 aliphatic heterocycles. The second kappa shape index (κ2) is 6.77. The number of fused-ring (bicyclic) bond motifs is 1. The highest BCUT2D eigenvalue weighted by atomic mass is 16.5. The molecule has 0 radical (unpaired) electrons. The molecule has 3 N–H and O–H groups in total. The molecule has 1 aliphatic carbocycles. The van der Waals surface area contributed by atoms with E-state index >= 15 is 0 Å². The summed E-state index contributed by atoms with van der Waals surface area (Å²) in [5.41, 5.74) is 7.03. The van der Waals surface area contributed by atoms with Crippen LogP contribution >= 0.6 is 0 Å². The van der Waals surface area contributed by atoms with Crippen molar-refractivity contribution >= 4 is 22.5 Å². The molecular formula is C22H26N6O2. The molecule has 0 spiro atoms. The molecule has 2 aliphatic rings. The van der Waals surface area contributed by atoms with Crippen molar-refractivity contribution in [1.82, 2.24) is 19.5 Å². The maximum atomic E-state index is 13.5. The molecule has 156 valence electrons. The Labute approximate surface area is 174 Å². The third-order valence-electron chi connectivity index (χ3n) is 6.26. The summed E-state index contributed by atoms with van der Waals surface area (Å²) >= 11 is 0. The van der Waals surface area contributed by atoms with Gasteiger partial charge in [-0.1, -0.05) is 6.92 Å². The van der Waals surface area contributed by atoms with Crippen molar-refractivity contribution in [1.29, 1.82) is 0 Å². The molecule has 2 fully saturated rings. The average molecular weight is 406 g/mol. The number of ether oxygens (including phenoxy) is 1. The Bertz CT molecular complexity index is 1160. The number of pyridine rings is 2. The van der Waals surface area contributed by atoms with E-state index in [0.717, 1.165) is 23.8 Å². The number of nitrogens with one attached hydrogen (secondary N) is 1. The van der Waals surface area contributed by atoms with Gasteiger partial charge in [0.05, 0.1) is 24.3 Å². The van der Waals surface area contributed by atoms with Crippen molar-refractivity contribution < 1.29 is 4.74 Å². The topological polar surface area (TPSA) is 108 Å². The third-order valence-corrected chi connectivity index (χ3v) is 6.26. The summed E-state index contributed by atoms with van der Waals surface area (Å²) in [6, 6.07) is 3.90. The number of anilines is 2. The van der Waals surface area contributed by atoms with Gasteiger partial charge in [0, 0.05) is 41.7 Å². The Morgan fingerprint density at radius 2 is 1.97 bits per heavy atom. The van der Waals surface area contributed by atoms with Gasteiger partial charge in [-0.3, -0.25) is 4.79 Å². The SMILES string of the molecule is CC1(Cn2ccc3cc(-c4cnc(N)nc4)nc(NC4(C)CCC4)c3c2=O)COC1. The smallest absolute Gasteiger partial charge is 0.262 e. The molecule has 0 aromatic carbocycles. The number of hydrogen-bond acceptors (Lipinski definition) is 7. The highest BCUT2D eigenvalue weighted by Crippen LogP contribution is 2.36. The normalized spacial score (nSPS) is 19.1. The van der Waals surface area contributed by atoms with Crippen molar-refractivity contribution in [3.8, 4) is 11.3 Å². The first kappa shape index (κ1) is 19.0. The second-order valence-electron chi connectivity index (χ2n) is 9.24. The van der Waals surface area contributed by atoms with Crippen LogP contribution in [0.4, 0.5) is 11.8 Å². The van der Waals surface area contributed by atoms with E-state index in [1.54, 1.807) is 17.0 Å². The molecule has 3 aromatic heterocycles. The van der Waals surface area contributed by atoms with Crippen molar-refractivity contribution in [2.75, 3.05) is 24.3 Å². The molecule has 8 nitrogen and oxygen atoms in total. The van der Waals surface area contributed by atoms with Crippen LogP contribution in [-0.2, 0) is 11.3 Å². The van der Waals surface area contributed by atoms with E-state index in [4.69, 9.17) is 15.5 Å². The monoisotopic (exact) mass is 406 g/mol. The van der Waals surface area contributed by atoms with Gasteiger partial charge in [-0.05, 0) is 43.7 Å². The fourth-order valence-electron chi connectivity index (χ4n) is 4.21. The largest absolute Gasteiger partial charge is 0.380 e. The van der Waals surface area contributed by atoms with Gasteiger partial charge < -0.3 is 20.4 Å². The summed E-state index contributed by atoms with van der Waals surface area (Å²) in [5, 5.41) is 5.03. The first-order chi connectivity index (χ1) is 14.3. The van der Waals surface area contributed by atoms with Crippen LogP contribution in [0.3, 0.4) is 0 Å². The van der Waals surface area contributed by atoms with Crippen molar-refractivity contribution in [2.24, 2.45) is 5.41 Å². The predicted molar refractivity (Wildman–Crippen MR) is 116 cm³/mol. The van der Waals surface area contributed by atoms with Crippen molar-refractivity contribution in [2.45, 2.75) is 45.2 Å². The number of aromatic nitrogens is 4. The van der Waals surface area contributed by atoms with Gasteiger partial charge in [0.1, 0.15) is 5.82 Å². The van der Waals surface area contributed by atoms with Crippen LogP contribution in [0.2, 0.25) is 0 Å². The fourth-order valence-corrected chi connectivity index (χ4v) is 4.21. The van der Waals surface area contributed by atoms with Crippen molar-refractivity contribution in [3.05, 3.63) is 41.1 Å². The highest BCUT2D eigenvalue weighted by Gasteiger charge is 2.35. The van der Waals surface area contributed by atoms with E-state index in [0.29, 0.717) is 36.7 Å². The minimum absolute atomic E-state index is 0.000273. The second-order valence-corrected chi connectivity index (χ2v) is 9.24. The summed E-state index contributed by atoms with van der Waals surface area (Å²) in [4.78, 5) is 26.5. The van der Waals surface area contributed by atoms with Crippen LogP contribution in [0.1, 0.15) is 33.1 Å². The maximum Gasteiger partial charge on any atom is 0.262 e. The van der Waals surface area contributed by atoms with Crippen LogP contribution in [0.25, 0.3) is 22.0 Å². The summed E-state index contributed by atoms with van der Waals surface area (Å²) in [7, 11) is 0. The Hall–Kier alpha value is -3.00. The number of nitrogens with zero attached hydrogens (tertiary/aromatic N) is 4. The molecule has 0 bridgehead atoms. The van der Waals surface area contributed by atoms with Crippen LogP contribution < -0.4 is 16.6 Å². The molecule has 1 saturated heterocycles. The molecule has 0 unspecified atom stereocenters. The van der Waals surface area contributed by atoms with E-state index < -0.39 is 0 Å². The minimum Gasteiger partial charge on any atom is -0.380 e. The van der Waals surface area contributed by atoms with Gasteiger partial charge in [-0.25, -0.2) is 15.0 Å². The van der Waals surface area contributed by atoms with Gasteiger partial charge >= 0.3 is 0 Å². The zero-order valence-electron chi connectivity index (χ0n) is 17.3. The van der Waals surface area contributed by atoms with E-state index in [2.05, 4.69) is 29.1 Å². The number of nitrogens with two attached hydrogens (primary N) is 1. The van der Waals surface area contributed by atoms with Gasteiger partial charge in [0.2, 0.25) is 5.95 Å². The summed E-state index contributed by atoms with van der Waals surface area (Å²) in [6.07, 6.45) is 8.47. The highest BCUT2D eigenvalue weighted by molar-refractivity contribution is 5.94. The molecule has 4 heterocycles. The van der Waals surface area contributed by atoms with E-state index in [1.807, 2.05) is 18.3 Å². The minimum atomic E-state index is -0.0446. The zero-order chi connectivity index (χ0) is 20.9. The Balaban J connectivity index is 1.64. The predicted octanol–water partition coefficient (Wildman–Crippen LogP) is 2.83. The standard InChI is InChI=1S/C22H26N6O2/c1-21(12-30-13-21)11-28-7-4-14-8-16(15-9-24-20(23)25-10-15)26-18(17(14)19(28)29)27-22(2)5-3-6-22/h4,7-10H,3,5-6,11-13H2,1-2H3,(H,26,27)(H2,23,24,25). The van der Waals surface area contributed by atoms with Crippen LogP contribution in [0.5, 0.6) is 0 Å². The number of hydrogen-bond donors (Lipinski definition) is 2. The Kier molecular flexibility index (Phi) is 4.28. The van der Waals surface area contributed by atoms with Gasteiger partial charge in [-0.2, -0.15) is 0 Å². The third kappa shape index (κ3) is 3.31. The fraction of sp³-hybridized carbons (Fsp3) is 0.455. The quantitative estimate of drug-likeness (QED) is 0.671. The number of rotatable bonds is 5. The van der Waals surface area contributed by atoms with E-state index in [9.17, 15) is 4.79 Å². The molecule has 0 amide bonds. The molecule has 1 saturated carbocycles.